The molecule has 29 heavy (non-hydrogen) atoms. The molecule has 0 spiro atoms. The van der Waals surface area contributed by atoms with Crippen LogP contribution in [0, 0.1) is 0 Å². The highest BCUT2D eigenvalue weighted by molar-refractivity contribution is 8.01. The van der Waals surface area contributed by atoms with Crippen molar-refractivity contribution in [1.29, 1.82) is 0 Å². The molecule has 0 unspecified atom stereocenters. The van der Waals surface area contributed by atoms with E-state index < -0.39 is 0 Å². The first-order valence-corrected chi connectivity index (χ1v) is 11.6. The maximum Gasteiger partial charge on any atom is 0.233 e. The highest BCUT2D eigenvalue weighted by Crippen LogP contribution is 2.26. The van der Waals surface area contributed by atoms with Crippen molar-refractivity contribution in [2.75, 3.05) is 55.3 Å². The second-order valence-corrected chi connectivity index (χ2v) is 9.26. The van der Waals surface area contributed by atoms with Gasteiger partial charge in [0.25, 0.3) is 0 Å². The van der Waals surface area contributed by atoms with Crippen LogP contribution < -0.4 is 10.2 Å². The Morgan fingerprint density at radius 1 is 1.24 bits per heavy atom. The fourth-order valence-electron chi connectivity index (χ4n) is 3.44. The van der Waals surface area contributed by atoms with Crippen molar-refractivity contribution in [2.24, 2.45) is 0 Å². The molecule has 2 aromatic rings. The minimum atomic E-state index is 0.129. The molecule has 2 aliphatic rings. The van der Waals surface area contributed by atoms with Crippen LogP contribution in [-0.2, 0) is 9.53 Å². The highest BCUT2D eigenvalue weighted by atomic mass is 32.2. The minimum Gasteiger partial charge on any atom is -0.508 e. The smallest absolute Gasteiger partial charge is 0.233 e. The molecule has 156 valence electrons. The Morgan fingerprint density at radius 3 is 2.76 bits per heavy atom. The Morgan fingerprint density at radius 2 is 2.03 bits per heavy atom. The number of ether oxygens (including phenoxy) is 1. The Kier molecular flexibility index (Phi) is 6.73. The first-order chi connectivity index (χ1) is 14.2. The lowest BCUT2D eigenvalue weighted by Gasteiger charge is -2.36. The summed E-state index contributed by atoms with van der Waals surface area (Å²) in [4.78, 5) is 16.7. The van der Waals surface area contributed by atoms with Gasteiger partial charge in [-0.15, -0.1) is 10.2 Å². The lowest BCUT2D eigenvalue weighted by Crippen LogP contribution is -2.49. The summed E-state index contributed by atoms with van der Waals surface area (Å²) in [6, 6.07) is 7.19. The Hall–Kier alpha value is -2.04. The standard InChI is InChI=1S/C19H25N5O3S2/c25-15-5-3-14(4-6-15)23-7-9-24(10-8-23)17(26)13-28-19-22-21-18(29-19)20-12-16-2-1-11-27-16/h3-6,16,25H,1-2,7-13H2,(H,20,21)/t16-/m0/s1. The van der Waals surface area contributed by atoms with Crippen LogP contribution in [0.15, 0.2) is 28.6 Å². The van der Waals surface area contributed by atoms with Gasteiger partial charge in [-0.2, -0.15) is 0 Å². The summed E-state index contributed by atoms with van der Waals surface area (Å²) in [7, 11) is 0. The number of aromatic hydroxyl groups is 1. The van der Waals surface area contributed by atoms with E-state index in [1.807, 2.05) is 17.0 Å². The number of carbonyl (C=O) groups excluding carboxylic acids is 1. The fraction of sp³-hybridized carbons (Fsp3) is 0.526. The molecule has 0 saturated carbocycles. The number of phenolic OH excluding ortho intramolecular Hbond substituents is 1. The average molecular weight is 436 g/mol. The molecule has 1 amide bonds. The number of carbonyl (C=O) groups is 1. The Balaban J connectivity index is 1.19. The van der Waals surface area contributed by atoms with Crippen molar-refractivity contribution in [3.63, 3.8) is 0 Å². The van der Waals surface area contributed by atoms with Crippen LogP contribution in [0.4, 0.5) is 10.8 Å². The summed E-state index contributed by atoms with van der Waals surface area (Å²) in [6.45, 7) is 4.57. The third kappa shape index (κ3) is 5.52. The van der Waals surface area contributed by atoms with E-state index in [0.29, 0.717) is 18.8 Å². The molecule has 3 heterocycles. The predicted octanol–water partition coefficient (Wildman–Crippen LogP) is 2.28. The van der Waals surface area contributed by atoms with E-state index in [2.05, 4.69) is 20.4 Å². The zero-order valence-corrected chi connectivity index (χ0v) is 17.8. The van der Waals surface area contributed by atoms with Crippen molar-refractivity contribution < 1.29 is 14.6 Å². The summed E-state index contributed by atoms with van der Waals surface area (Å²) in [6.07, 6.45) is 2.47. The van der Waals surface area contributed by atoms with E-state index in [1.165, 1.54) is 23.1 Å². The predicted molar refractivity (Wildman–Crippen MR) is 115 cm³/mol. The minimum absolute atomic E-state index is 0.129. The van der Waals surface area contributed by atoms with E-state index in [4.69, 9.17) is 4.74 Å². The van der Waals surface area contributed by atoms with Crippen LogP contribution >= 0.6 is 23.1 Å². The number of piperazine rings is 1. The zero-order chi connectivity index (χ0) is 20.1. The second-order valence-electron chi connectivity index (χ2n) is 7.06. The van der Waals surface area contributed by atoms with Crippen LogP contribution in [0.3, 0.4) is 0 Å². The summed E-state index contributed by atoms with van der Waals surface area (Å²) in [5.41, 5.74) is 1.07. The van der Waals surface area contributed by atoms with Crippen molar-refractivity contribution in [1.82, 2.24) is 15.1 Å². The molecule has 1 aromatic carbocycles. The summed E-state index contributed by atoms with van der Waals surface area (Å²) >= 11 is 2.92. The number of benzene rings is 1. The third-order valence-corrected chi connectivity index (χ3v) is 7.08. The molecule has 8 nitrogen and oxygen atoms in total. The zero-order valence-electron chi connectivity index (χ0n) is 16.1. The molecule has 1 aromatic heterocycles. The fourth-order valence-corrected chi connectivity index (χ4v) is 5.10. The van der Waals surface area contributed by atoms with Gasteiger partial charge in [-0.25, -0.2) is 0 Å². The van der Waals surface area contributed by atoms with Gasteiger partial charge in [0.05, 0.1) is 11.9 Å². The maximum atomic E-state index is 12.5. The van der Waals surface area contributed by atoms with Crippen molar-refractivity contribution in [3.05, 3.63) is 24.3 Å². The number of thioether (sulfide) groups is 1. The largest absolute Gasteiger partial charge is 0.508 e. The van der Waals surface area contributed by atoms with Crippen molar-refractivity contribution in [2.45, 2.75) is 23.3 Å². The first-order valence-electron chi connectivity index (χ1n) is 9.81. The number of phenols is 1. The maximum absolute atomic E-state index is 12.5. The number of rotatable bonds is 7. The average Bonchev–Trinajstić information content (AvgIpc) is 3.43. The van der Waals surface area contributed by atoms with E-state index >= 15 is 0 Å². The molecule has 1 atom stereocenters. The summed E-state index contributed by atoms with van der Waals surface area (Å²) in [5, 5.41) is 21.8. The molecule has 10 heteroatoms. The van der Waals surface area contributed by atoms with Crippen molar-refractivity contribution >= 4 is 39.8 Å². The van der Waals surface area contributed by atoms with Gasteiger partial charge in [0, 0.05) is 45.0 Å². The van der Waals surface area contributed by atoms with Gasteiger partial charge < -0.3 is 25.0 Å². The normalized spacial score (nSPS) is 19.5. The molecule has 4 rings (SSSR count). The summed E-state index contributed by atoms with van der Waals surface area (Å²) < 4.78 is 6.39. The van der Waals surface area contributed by atoms with Crippen LogP contribution in [-0.4, -0.2) is 77.3 Å². The molecular weight excluding hydrogens is 410 g/mol. The van der Waals surface area contributed by atoms with Gasteiger partial charge in [0.1, 0.15) is 5.75 Å². The highest BCUT2D eigenvalue weighted by Gasteiger charge is 2.22. The molecule has 2 saturated heterocycles. The molecule has 0 aliphatic carbocycles. The molecule has 0 radical (unpaired) electrons. The lowest BCUT2D eigenvalue weighted by molar-refractivity contribution is -0.128. The van der Waals surface area contributed by atoms with Crippen LogP contribution in [0.5, 0.6) is 5.75 Å². The van der Waals surface area contributed by atoms with Gasteiger partial charge in [-0.3, -0.25) is 4.79 Å². The monoisotopic (exact) mass is 435 g/mol. The first kappa shape index (κ1) is 20.2. The summed E-state index contributed by atoms with van der Waals surface area (Å²) in [5.74, 6) is 0.769. The molecule has 0 bridgehead atoms. The second kappa shape index (κ2) is 9.64. The quantitative estimate of drug-likeness (QED) is 0.640. The number of hydrogen-bond acceptors (Lipinski definition) is 9. The van der Waals surface area contributed by atoms with E-state index in [0.717, 1.165) is 54.2 Å². The topological polar surface area (TPSA) is 90.8 Å². The van der Waals surface area contributed by atoms with Crippen molar-refractivity contribution in [3.8, 4) is 5.75 Å². The van der Waals surface area contributed by atoms with Gasteiger partial charge in [0.15, 0.2) is 4.34 Å². The van der Waals surface area contributed by atoms with Gasteiger partial charge in [0.2, 0.25) is 11.0 Å². The van der Waals surface area contributed by atoms with Gasteiger partial charge in [-0.1, -0.05) is 23.1 Å². The Bertz CT molecular complexity index is 802. The number of hydrogen-bond donors (Lipinski definition) is 2. The number of anilines is 2. The van der Waals surface area contributed by atoms with Crippen LogP contribution in [0.1, 0.15) is 12.8 Å². The number of aromatic nitrogens is 2. The van der Waals surface area contributed by atoms with E-state index in [9.17, 15) is 9.90 Å². The lowest BCUT2D eigenvalue weighted by atomic mass is 10.2. The van der Waals surface area contributed by atoms with Crippen LogP contribution in [0.2, 0.25) is 0 Å². The molecule has 2 N–H and O–H groups in total. The SMILES string of the molecule is O=C(CSc1nnc(NC[C@@H]2CCCO2)s1)N1CCN(c2ccc(O)cc2)CC1. The number of nitrogens with one attached hydrogen (secondary N) is 1. The third-order valence-electron chi connectivity index (χ3n) is 5.08. The van der Waals surface area contributed by atoms with E-state index in [-0.39, 0.29) is 17.8 Å². The van der Waals surface area contributed by atoms with Gasteiger partial charge in [-0.05, 0) is 37.1 Å². The number of amides is 1. The molecule has 2 fully saturated rings. The van der Waals surface area contributed by atoms with Crippen LogP contribution in [0.25, 0.3) is 0 Å². The molecular formula is C19H25N5O3S2. The van der Waals surface area contributed by atoms with Gasteiger partial charge >= 0.3 is 0 Å². The Labute approximate surface area is 178 Å². The van der Waals surface area contributed by atoms with E-state index in [1.54, 1.807) is 12.1 Å². The molecule has 2 aliphatic heterocycles. The number of nitrogens with zero attached hydrogens (tertiary/aromatic N) is 4.